The summed E-state index contributed by atoms with van der Waals surface area (Å²) in [7, 11) is 0. The number of piperidine rings is 1. The van der Waals surface area contributed by atoms with Crippen molar-refractivity contribution in [2.45, 2.75) is 65.0 Å². The summed E-state index contributed by atoms with van der Waals surface area (Å²) in [5.74, 6) is 0.451. The summed E-state index contributed by atoms with van der Waals surface area (Å²) in [6, 6.07) is 0.0970. The first-order chi connectivity index (χ1) is 9.41. The molecule has 0 aromatic carbocycles. The van der Waals surface area contributed by atoms with Gasteiger partial charge in [0.25, 0.3) is 0 Å². The number of hydrogen-bond donors (Lipinski definition) is 2. The molecule has 1 aliphatic heterocycles. The summed E-state index contributed by atoms with van der Waals surface area (Å²) in [5.41, 5.74) is 5.95. The third-order valence-electron chi connectivity index (χ3n) is 3.86. The van der Waals surface area contributed by atoms with Gasteiger partial charge in [0.2, 0.25) is 11.8 Å². The third-order valence-corrected chi connectivity index (χ3v) is 3.86. The van der Waals surface area contributed by atoms with Crippen LogP contribution in [-0.2, 0) is 9.59 Å². The molecule has 20 heavy (non-hydrogen) atoms. The standard InChI is InChI=1S/C15H29N3O2/c1-11(2)7-8-14(19)17-10-15(20)18-9-5-4-6-13(18)12(3)16/h11-13H,4-10,16H2,1-3H3,(H,17,19). The molecule has 116 valence electrons. The second-order valence-corrected chi connectivity index (χ2v) is 6.22. The molecular weight excluding hydrogens is 254 g/mol. The quantitative estimate of drug-likeness (QED) is 0.770. The molecule has 3 N–H and O–H groups in total. The molecule has 1 aliphatic rings. The minimum absolute atomic E-state index is 0.00935. The summed E-state index contributed by atoms with van der Waals surface area (Å²) in [6.07, 6.45) is 4.45. The van der Waals surface area contributed by atoms with E-state index in [0.717, 1.165) is 32.2 Å². The molecule has 2 unspecified atom stereocenters. The van der Waals surface area contributed by atoms with E-state index in [1.165, 1.54) is 0 Å². The topological polar surface area (TPSA) is 75.4 Å². The van der Waals surface area contributed by atoms with E-state index in [0.29, 0.717) is 12.3 Å². The molecule has 0 aromatic rings. The van der Waals surface area contributed by atoms with Gasteiger partial charge in [-0.1, -0.05) is 13.8 Å². The van der Waals surface area contributed by atoms with Crippen LogP contribution in [0.3, 0.4) is 0 Å². The first-order valence-corrected chi connectivity index (χ1v) is 7.73. The van der Waals surface area contributed by atoms with Crippen molar-refractivity contribution in [3.63, 3.8) is 0 Å². The lowest BCUT2D eigenvalue weighted by Gasteiger charge is -2.38. The second-order valence-electron chi connectivity index (χ2n) is 6.22. The fourth-order valence-corrected chi connectivity index (χ4v) is 2.60. The molecule has 0 aromatic heterocycles. The SMILES string of the molecule is CC(C)CCC(=O)NCC(=O)N1CCCCC1C(C)N. The lowest BCUT2D eigenvalue weighted by molar-refractivity contribution is -0.136. The van der Waals surface area contributed by atoms with E-state index in [9.17, 15) is 9.59 Å². The average molecular weight is 283 g/mol. The Bertz CT molecular complexity index is 329. The van der Waals surface area contributed by atoms with Crippen LogP contribution < -0.4 is 11.1 Å². The normalized spacial score (nSPS) is 20.9. The fourth-order valence-electron chi connectivity index (χ4n) is 2.60. The highest BCUT2D eigenvalue weighted by Crippen LogP contribution is 2.18. The molecule has 0 radical (unpaired) electrons. The minimum Gasteiger partial charge on any atom is -0.347 e. The zero-order chi connectivity index (χ0) is 15.1. The Balaban J connectivity index is 2.39. The van der Waals surface area contributed by atoms with Crippen molar-refractivity contribution in [3.8, 4) is 0 Å². The van der Waals surface area contributed by atoms with Crippen LogP contribution in [0.4, 0.5) is 0 Å². The number of nitrogens with zero attached hydrogens (tertiary/aromatic N) is 1. The fraction of sp³-hybridized carbons (Fsp3) is 0.867. The van der Waals surface area contributed by atoms with Gasteiger partial charge in [-0.15, -0.1) is 0 Å². The van der Waals surface area contributed by atoms with E-state index in [1.54, 1.807) is 0 Å². The number of nitrogens with one attached hydrogen (secondary N) is 1. The second kappa shape index (κ2) is 8.25. The molecule has 5 heteroatoms. The molecule has 2 amide bonds. The molecule has 1 fully saturated rings. The van der Waals surface area contributed by atoms with Gasteiger partial charge in [-0.05, 0) is 38.5 Å². The molecule has 0 spiro atoms. The number of hydrogen-bond acceptors (Lipinski definition) is 3. The molecule has 0 aliphatic carbocycles. The van der Waals surface area contributed by atoms with Crippen molar-refractivity contribution >= 4 is 11.8 Å². The van der Waals surface area contributed by atoms with Crippen LogP contribution in [0.5, 0.6) is 0 Å². The zero-order valence-corrected chi connectivity index (χ0v) is 13.0. The highest BCUT2D eigenvalue weighted by atomic mass is 16.2. The maximum absolute atomic E-state index is 12.2. The summed E-state index contributed by atoms with van der Waals surface area (Å²) < 4.78 is 0. The molecule has 1 saturated heterocycles. The van der Waals surface area contributed by atoms with Gasteiger partial charge >= 0.3 is 0 Å². The van der Waals surface area contributed by atoms with Gasteiger partial charge in [0.1, 0.15) is 0 Å². The number of likely N-dealkylation sites (tertiary alicyclic amines) is 1. The van der Waals surface area contributed by atoms with E-state index >= 15 is 0 Å². The van der Waals surface area contributed by atoms with Crippen LogP contribution in [0.15, 0.2) is 0 Å². The Labute approximate surface area is 122 Å². The van der Waals surface area contributed by atoms with E-state index in [-0.39, 0.29) is 30.4 Å². The molecular formula is C15H29N3O2. The summed E-state index contributed by atoms with van der Waals surface area (Å²) in [5, 5.41) is 2.72. The lowest BCUT2D eigenvalue weighted by atomic mass is 9.97. The van der Waals surface area contributed by atoms with Gasteiger partial charge in [0.05, 0.1) is 6.54 Å². The predicted molar refractivity (Wildman–Crippen MR) is 80.1 cm³/mol. The Morgan fingerprint density at radius 1 is 1.30 bits per heavy atom. The number of carbonyl (C=O) groups excluding carboxylic acids is 2. The number of rotatable bonds is 6. The monoisotopic (exact) mass is 283 g/mol. The van der Waals surface area contributed by atoms with Crippen molar-refractivity contribution in [1.29, 1.82) is 0 Å². The predicted octanol–water partition coefficient (Wildman–Crippen LogP) is 1.27. The highest BCUT2D eigenvalue weighted by Gasteiger charge is 2.28. The maximum Gasteiger partial charge on any atom is 0.242 e. The molecule has 1 heterocycles. The van der Waals surface area contributed by atoms with Crippen molar-refractivity contribution < 1.29 is 9.59 Å². The largest absolute Gasteiger partial charge is 0.347 e. The van der Waals surface area contributed by atoms with Crippen LogP contribution in [0.1, 0.15) is 52.9 Å². The van der Waals surface area contributed by atoms with E-state index in [1.807, 2.05) is 11.8 Å². The van der Waals surface area contributed by atoms with Gasteiger partial charge in [-0.25, -0.2) is 0 Å². The van der Waals surface area contributed by atoms with E-state index in [2.05, 4.69) is 19.2 Å². The number of nitrogens with two attached hydrogens (primary N) is 1. The van der Waals surface area contributed by atoms with E-state index < -0.39 is 0 Å². The van der Waals surface area contributed by atoms with Gasteiger partial charge < -0.3 is 16.0 Å². The number of carbonyl (C=O) groups is 2. The van der Waals surface area contributed by atoms with Crippen LogP contribution in [0.2, 0.25) is 0 Å². The van der Waals surface area contributed by atoms with Crippen molar-refractivity contribution in [3.05, 3.63) is 0 Å². The van der Waals surface area contributed by atoms with Crippen LogP contribution in [-0.4, -0.2) is 41.9 Å². The highest BCUT2D eigenvalue weighted by molar-refractivity contribution is 5.85. The zero-order valence-electron chi connectivity index (χ0n) is 13.0. The molecule has 0 saturated carbocycles. The van der Waals surface area contributed by atoms with Crippen molar-refractivity contribution in [2.75, 3.05) is 13.1 Å². The van der Waals surface area contributed by atoms with Crippen LogP contribution >= 0.6 is 0 Å². The Morgan fingerprint density at radius 3 is 2.60 bits per heavy atom. The first-order valence-electron chi connectivity index (χ1n) is 7.73. The minimum atomic E-state index is -0.0404. The smallest absolute Gasteiger partial charge is 0.242 e. The Morgan fingerprint density at radius 2 is 2.00 bits per heavy atom. The van der Waals surface area contributed by atoms with Gasteiger partial charge in [0, 0.05) is 25.0 Å². The van der Waals surface area contributed by atoms with E-state index in [4.69, 9.17) is 5.73 Å². The van der Waals surface area contributed by atoms with Crippen molar-refractivity contribution in [2.24, 2.45) is 11.7 Å². The van der Waals surface area contributed by atoms with Crippen LogP contribution in [0, 0.1) is 5.92 Å². The lowest BCUT2D eigenvalue weighted by Crippen LogP contribution is -2.54. The summed E-state index contributed by atoms with van der Waals surface area (Å²) in [6.45, 7) is 6.96. The summed E-state index contributed by atoms with van der Waals surface area (Å²) >= 11 is 0. The molecule has 5 nitrogen and oxygen atoms in total. The van der Waals surface area contributed by atoms with Gasteiger partial charge in [-0.2, -0.15) is 0 Å². The molecule has 1 rings (SSSR count). The average Bonchev–Trinajstić information content (AvgIpc) is 2.42. The molecule has 0 bridgehead atoms. The number of amides is 2. The Hall–Kier alpha value is -1.10. The maximum atomic E-state index is 12.2. The van der Waals surface area contributed by atoms with Gasteiger partial charge in [0.15, 0.2) is 0 Å². The van der Waals surface area contributed by atoms with Crippen LogP contribution in [0.25, 0.3) is 0 Å². The third kappa shape index (κ3) is 5.49. The van der Waals surface area contributed by atoms with Gasteiger partial charge in [-0.3, -0.25) is 9.59 Å². The first kappa shape index (κ1) is 17.0. The Kier molecular flexibility index (Phi) is 6.99. The molecule has 2 atom stereocenters. The van der Waals surface area contributed by atoms with Crippen molar-refractivity contribution in [1.82, 2.24) is 10.2 Å². The summed E-state index contributed by atoms with van der Waals surface area (Å²) in [4.78, 5) is 25.7.